The number of piperidine rings is 1. The zero-order valence-electron chi connectivity index (χ0n) is 16.8. The van der Waals surface area contributed by atoms with Crippen molar-refractivity contribution in [2.75, 3.05) is 26.2 Å². The van der Waals surface area contributed by atoms with E-state index in [4.69, 9.17) is 9.72 Å². The standard InChI is InChI=1S/C23H27N3O2S/c1-17-7-6-8-18(15-17)28-14-12-24-22(27)16-26-13-5-4-10-20(26)23-25-19-9-2-3-11-21(19)29-23/h2-3,6-9,11,15,20H,4-5,10,12-14,16H2,1H3,(H,24,27)/p+1/t20-/m1/s1. The highest BCUT2D eigenvalue weighted by Crippen LogP contribution is 2.28. The molecule has 0 spiro atoms. The average Bonchev–Trinajstić information content (AvgIpc) is 3.16. The van der Waals surface area contributed by atoms with Gasteiger partial charge in [0.15, 0.2) is 11.6 Å². The smallest absolute Gasteiger partial charge is 0.275 e. The Balaban J connectivity index is 1.30. The molecule has 1 aliphatic heterocycles. The molecule has 0 radical (unpaired) electrons. The number of thiazole rings is 1. The predicted octanol–water partition coefficient (Wildman–Crippen LogP) is 2.91. The molecule has 1 saturated heterocycles. The molecule has 1 fully saturated rings. The van der Waals surface area contributed by atoms with E-state index in [1.54, 1.807) is 11.3 Å². The minimum atomic E-state index is 0.0841. The summed E-state index contributed by atoms with van der Waals surface area (Å²) >= 11 is 1.77. The van der Waals surface area contributed by atoms with Crippen LogP contribution in [-0.2, 0) is 4.79 Å². The molecule has 1 aliphatic rings. The molecule has 5 nitrogen and oxygen atoms in total. The van der Waals surface area contributed by atoms with Gasteiger partial charge in [-0.1, -0.05) is 24.3 Å². The summed E-state index contributed by atoms with van der Waals surface area (Å²) in [5, 5.41) is 4.18. The number of nitrogens with zero attached hydrogens (tertiary/aromatic N) is 1. The maximum Gasteiger partial charge on any atom is 0.275 e. The van der Waals surface area contributed by atoms with Crippen LogP contribution in [-0.4, -0.2) is 37.1 Å². The number of ether oxygens (including phenoxy) is 1. The fourth-order valence-electron chi connectivity index (χ4n) is 3.96. The topological polar surface area (TPSA) is 55.7 Å². The zero-order valence-corrected chi connectivity index (χ0v) is 17.6. The maximum atomic E-state index is 12.5. The Morgan fingerprint density at radius 1 is 1.24 bits per heavy atom. The maximum absolute atomic E-state index is 12.5. The summed E-state index contributed by atoms with van der Waals surface area (Å²) in [6, 6.07) is 16.6. The van der Waals surface area contributed by atoms with Crippen molar-refractivity contribution in [3.63, 3.8) is 0 Å². The molecule has 2 aromatic carbocycles. The minimum absolute atomic E-state index is 0.0841. The van der Waals surface area contributed by atoms with Gasteiger partial charge in [0.25, 0.3) is 5.91 Å². The minimum Gasteiger partial charge on any atom is -0.492 e. The number of benzene rings is 2. The SMILES string of the molecule is Cc1cccc(OCCNC(=O)C[NH+]2CCCC[C@@H]2c2nc3ccccc3s2)c1. The summed E-state index contributed by atoms with van der Waals surface area (Å²) in [7, 11) is 0. The lowest BCUT2D eigenvalue weighted by Gasteiger charge is -2.30. The third-order valence-corrected chi connectivity index (χ3v) is 6.56. The Bertz CT molecular complexity index is 938. The molecule has 4 rings (SSSR count). The van der Waals surface area contributed by atoms with Gasteiger partial charge in [0, 0.05) is 6.42 Å². The fraction of sp³-hybridized carbons (Fsp3) is 0.391. The number of nitrogens with one attached hydrogen (secondary N) is 2. The van der Waals surface area contributed by atoms with Crippen LogP contribution < -0.4 is 15.0 Å². The molecule has 2 N–H and O–H groups in total. The third-order valence-electron chi connectivity index (χ3n) is 5.41. The second-order valence-corrected chi connectivity index (χ2v) is 8.73. The first-order valence-electron chi connectivity index (χ1n) is 10.4. The molecule has 1 unspecified atom stereocenters. The summed E-state index contributed by atoms with van der Waals surface area (Å²) < 4.78 is 6.95. The summed E-state index contributed by atoms with van der Waals surface area (Å²) in [5.41, 5.74) is 2.23. The number of para-hydroxylation sites is 1. The predicted molar refractivity (Wildman–Crippen MR) is 117 cm³/mol. The van der Waals surface area contributed by atoms with Crippen LogP contribution in [0.25, 0.3) is 10.2 Å². The number of hydrogen-bond donors (Lipinski definition) is 2. The average molecular weight is 411 g/mol. The second kappa shape index (κ2) is 9.37. The quantitative estimate of drug-likeness (QED) is 0.589. The number of carbonyl (C=O) groups is 1. The van der Waals surface area contributed by atoms with E-state index < -0.39 is 0 Å². The third kappa shape index (κ3) is 5.14. The summed E-state index contributed by atoms with van der Waals surface area (Å²) in [6.07, 6.45) is 3.47. The van der Waals surface area contributed by atoms with Crippen molar-refractivity contribution in [2.24, 2.45) is 0 Å². The van der Waals surface area contributed by atoms with Crippen molar-refractivity contribution in [3.05, 3.63) is 59.1 Å². The molecule has 1 amide bonds. The van der Waals surface area contributed by atoms with Crippen LogP contribution in [0.5, 0.6) is 5.75 Å². The highest BCUT2D eigenvalue weighted by molar-refractivity contribution is 7.18. The molecule has 0 saturated carbocycles. The lowest BCUT2D eigenvalue weighted by Crippen LogP contribution is -3.14. The highest BCUT2D eigenvalue weighted by Gasteiger charge is 2.31. The van der Waals surface area contributed by atoms with Crippen LogP contribution >= 0.6 is 11.3 Å². The van der Waals surface area contributed by atoms with Gasteiger partial charge in [-0.05, 0) is 49.6 Å². The van der Waals surface area contributed by atoms with E-state index in [2.05, 4.69) is 23.5 Å². The van der Waals surface area contributed by atoms with Gasteiger partial charge in [-0.3, -0.25) is 4.79 Å². The van der Waals surface area contributed by atoms with Crippen molar-refractivity contribution in [2.45, 2.75) is 32.2 Å². The van der Waals surface area contributed by atoms with E-state index in [1.165, 1.54) is 28.0 Å². The Hall–Kier alpha value is -2.44. The van der Waals surface area contributed by atoms with Crippen LogP contribution in [0, 0.1) is 6.92 Å². The van der Waals surface area contributed by atoms with Gasteiger partial charge in [-0.25, -0.2) is 4.98 Å². The molecule has 1 aromatic heterocycles. The number of amides is 1. The Labute approximate surface area is 175 Å². The van der Waals surface area contributed by atoms with Gasteiger partial charge in [-0.2, -0.15) is 0 Å². The molecule has 152 valence electrons. The number of quaternary nitrogens is 1. The van der Waals surface area contributed by atoms with Gasteiger partial charge in [0.05, 0.1) is 23.3 Å². The van der Waals surface area contributed by atoms with Gasteiger partial charge in [-0.15, -0.1) is 11.3 Å². The van der Waals surface area contributed by atoms with Crippen molar-refractivity contribution < 1.29 is 14.4 Å². The molecule has 29 heavy (non-hydrogen) atoms. The first-order chi connectivity index (χ1) is 14.2. The molecule has 0 aliphatic carbocycles. The van der Waals surface area contributed by atoms with E-state index in [9.17, 15) is 4.79 Å². The highest BCUT2D eigenvalue weighted by atomic mass is 32.1. The molecule has 0 bridgehead atoms. The number of likely N-dealkylation sites (tertiary alicyclic amines) is 1. The Kier molecular flexibility index (Phi) is 6.42. The van der Waals surface area contributed by atoms with Gasteiger partial charge in [0.1, 0.15) is 18.4 Å². The lowest BCUT2D eigenvalue weighted by molar-refractivity contribution is -0.929. The summed E-state index contributed by atoms with van der Waals surface area (Å²) in [6.45, 7) is 4.55. The summed E-state index contributed by atoms with van der Waals surface area (Å²) in [5.74, 6) is 0.928. The normalized spacial score (nSPS) is 19.2. The van der Waals surface area contributed by atoms with E-state index in [0.717, 1.165) is 29.2 Å². The Morgan fingerprint density at radius 3 is 3.00 bits per heavy atom. The zero-order chi connectivity index (χ0) is 20.1. The largest absolute Gasteiger partial charge is 0.492 e. The molecular formula is C23H28N3O2S+. The van der Waals surface area contributed by atoms with Gasteiger partial charge in [0.2, 0.25) is 0 Å². The van der Waals surface area contributed by atoms with E-state index >= 15 is 0 Å². The van der Waals surface area contributed by atoms with Crippen LogP contribution in [0.4, 0.5) is 0 Å². The van der Waals surface area contributed by atoms with Gasteiger partial charge >= 0.3 is 0 Å². The van der Waals surface area contributed by atoms with Crippen molar-refractivity contribution in [1.82, 2.24) is 10.3 Å². The molecule has 2 heterocycles. The first kappa shape index (κ1) is 19.9. The molecule has 6 heteroatoms. The molecule has 3 aromatic rings. The fourth-order valence-corrected chi connectivity index (χ4v) is 5.12. The lowest BCUT2D eigenvalue weighted by atomic mass is 10.0. The second-order valence-electron chi connectivity index (χ2n) is 7.67. The molecule has 2 atom stereocenters. The number of aryl methyl sites for hydroxylation is 1. The van der Waals surface area contributed by atoms with Crippen LogP contribution in [0.15, 0.2) is 48.5 Å². The first-order valence-corrected chi connectivity index (χ1v) is 11.2. The number of fused-ring (bicyclic) bond motifs is 1. The van der Waals surface area contributed by atoms with Crippen LogP contribution in [0.2, 0.25) is 0 Å². The van der Waals surface area contributed by atoms with Crippen molar-refractivity contribution >= 4 is 27.5 Å². The Morgan fingerprint density at radius 2 is 2.14 bits per heavy atom. The van der Waals surface area contributed by atoms with Crippen molar-refractivity contribution in [1.29, 1.82) is 0 Å². The van der Waals surface area contributed by atoms with E-state index in [-0.39, 0.29) is 5.91 Å². The number of rotatable bonds is 7. The molecular weight excluding hydrogens is 382 g/mol. The number of carbonyl (C=O) groups excluding carboxylic acids is 1. The van der Waals surface area contributed by atoms with E-state index in [1.807, 2.05) is 37.3 Å². The summed E-state index contributed by atoms with van der Waals surface area (Å²) in [4.78, 5) is 18.7. The van der Waals surface area contributed by atoms with Gasteiger partial charge < -0.3 is 15.0 Å². The number of aromatic nitrogens is 1. The van der Waals surface area contributed by atoms with Crippen LogP contribution in [0.1, 0.15) is 35.9 Å². The monoisotopic (exact) mass is 410 g/mol. The van der Waals surface area contributed by atoms with E-state index in [0.29, 0.717) is 25.7 Å². The van der Waals surface area contributed by atoms with Crippen LogP contribution in [0.3, 0.4) is 0 Å². The van der Waals surface area contributed by atoms with Crippen molar-refractivity contribution in [3.8, 4) is 5.75 Å². The number of hydrogen-bond acceptors (Lipinski definition) is 4.